The third-order valence-electron chi connectivity index (χ3n) is 6.55. The molecule has 36 heavy (non-hydrogen) atoms. The number of aryl methyl sites for hydroxylation is 1. The van der Waals surface area contributed by atoms with Gasteiger partial charge in [0.25, 0.3) is 0 Å². The van der Waals surface area contributed by atoms with Gasteiger partial charge in [0.05, 0.1) is 21.4 Å². The number of dihydropyridines is 1. The number of nitrogens with one attached hydrogen (secondary N) is 1. The number of hydrogen-bond acceptors (Lipinski definition) is 5. The first-order valence-corrected chi connectivity index (χ1v) is 13.0. The first kappa shape index (κ1) is 24.3. The number of Topliss-reactive ketones (excluding diaryl/α,β-unsaturated/α-hetero) is 1. The molecule has 6 heteroatoms. The van der Waals surface area contributed by atoms with Crippen molar-refractivity contribution >= 4 is 40.0 Å². The monoisotopic (exact) mass is 591 g/mol. The first-order valence-electron chi connectivity index (χ1n) is 11.9. The molecule has 182 valence electrons. The summed E-state index contributed by atoms with van der Waals surface area (Å²) in [6.07, 6.45) is 0. The van der Waals surface area contributed by atoms with Crippen LogP contribution in [0.2, 0.25) is 0 Å². The van der Waals surface area contributed by atoms with Crippen molar-refractivity contribution in [2.24, 2.45) is 0 Å². The van der Waals surface area contributed by atoms with Crippen LogP contribution < -0.4 is 10.1 Å². The SMILES string of the molecule is CCOC(=O)C1=C(C)NC2=C(C(=O)c3ccccc32)[C@H]1c1ccc(OCc2ccc(C)cc2)c(I)c1. The van der Waals surface area contributed by atoms with Gasteiger partial charge in [0.1, 0.15) is 12.4 Å². The van der Waals surface area contributed by atoms with Gasteiger partial charge < -0.3 is 14.8 Å². The van der Waals surface area contributed by atoms with Crippen LogP contribution in [0.1, 0.15) is 52.4 Å². The van der Waals surface area contributed by atoms with Crippen molar-refractivity contribution in [3.8, 4) is 5.75 Å². The number of allylic oxidation sites excluding steroid dienone is 2. The molecule has 5 nitrogen and oxygen atoms in total. The Bertz CT molecular complexity index is 1440. The van der Waals surface area contributed by atoms with E-state index in [1.807, 2.05) is 49.4 Å². The van der Waals surface area contributed by atoms with Gasteiger partial charge in [-0.05, 0) is 66.6 Å². The molecule has 1 atom stereocenters. The standard InChI is InChI=1S/C30H26INO4/c1-4-35-30(34)25-18(3)32-28-21-7-5-6-8-22(21)29(33)27(28)26(25)20-13-14-24(23(31)15-20)36-16-19-11-9-17(2)10-12-19/h5-15,26,32H,4,16H2,1-3H3/t26-/m0/s1. The van der Waals surface area contributed by atoms with Gasteiger partial charge in [0, 0.05) is 28.3 Å². The number of ketones is 1. The lowest BCUT2D eigenvalue weighted by Crippen LogP contribution is -2.29. The second kappa shape index (κ2) is 9.93. The summed E-state index contributed by atoms with van der Waals surface area (Å²) in [5.74, 6) is -0.276. The van der Waals surface area contributed by atoms with Crippen molar-refractivity contribution in [3.05, 3.63) is 115 Å². The Hall–Kier alpha value is -3.39. The topological polar surface area (TPSA) is 64.6 Å². The van der Waals surface area contributed by atoms with Crippen LogP contribution in [-0.2, 0) is 16.1 Å². The predicted molar refractivity (Wildman–Crippen MR) is 148 cm³/mol. The molecule has 0 saturated heterocycles. The fourth-order valence-electron chi connectivity index (χ4n) is 4.80. The number of fused-ring (bicyclic) bond motifs is 2. The quantitative estimate of drug-likeness (QED) is 0.269. The van der Waals surface area contributed by atoms with Crippen LogP contribution in [-0.4, -0.2) is 18.4 Å². The van der Waals surface area contributed by atoms with Crippen LogP contribution in [0.4, 0.5) is 0 Å². The summed E-state index contributed by atoms with van der Waals surface area (Å²) in [5.41, 5.74) is 7.14. The number of carbonyl (C=O) groups excluding carboxylic acids is 2. The lowest BCUT2D eigenvalue weighted by atomic mass is 9.80. The summed E-state index contributed by atoms with van der Waals surface area (Å²) >= 11 is 2.25. The molecule has 2 aliphatic rings. The zero-order valence-electron chi connectivity index (χ0n) is 20.4. The fraction of sp³-hybridized carbons (Fsp3) is 0.200. The van der Waals surface area contributed by atoms with Gasteiger partial charge in [0.15, 0.2) is 5.78 Å². The van der Waals surface area contributed by atoms with Crippen molar-refractivity contribution in [2.45, 2.75) is 33.3 Å². The molecule has 1 N–H and O–H groups in total. The molecule has 0 saturated carbocycles. The van der Waals surface area contributed by atoms with Crippen molar-refractivity contribution in [3.63, 3.8) is 0 Å². The van der Waals surface area contributed by atoms with Gasteiger partial charge in [-0.2, -0.15) is 0 Å². The average Bonchev–Trinajstić information content (AvgIpc) is 3.15. The summed E-state index contributed by atoms with van der Waals surface area (Å²) < 4.78 is 12.4. The molecule has 1 aliphatic carbocycles. The van der Waals surface area contributed by atoms with Crippen molar-refractivity contribution in [1.82, 2.24) is 5.32 Å². The number of esters is 1. The first-order chi connectivity index (χ1) is 17.4. The lowest BCUT2D eigenvalue weighted by molar-refractivity contribution is -0.138. The molecule has 1 aliphatic heterocycles. The maximum absolute atomic E-state index is 13.6. The highest BCUT2D eigenvalue weighted by Crippen LogP contribution is 2.47. The van der Waals surface area contributed by atoms with E-state index in [2.05, 4.69) is 59.1 Å². The van der Waals surface area contributed by atoms with Crippen molar-refractivity contribution in [1.29, 1.82) is 0 Å². The van der Waals surface area contributed by atoms with Crippen LogP contribution in [0.15, 0.2) is 83.6 Å². The van der Waals surface area contributed by atoms with Crippen LogP contribution in [0.25, 0.3) is 5.70 Å². The molecule has 5 rings (SSSR count). The van der Waals surface area contributed by atoms with E-state index < -0.39 is 11.9 Å². The van der Waals surface area contributed by atoms with Gasteiger partial charge >= 0.3 is 5.97 Å². The number of ether oxygens (including phenoxy) is 2. The predicted octanol–water partition coefficient (Wildman–Crippen LogP) is 6.31. The van der Waals surface area contributed by atoms with E-state index in [-0.39, 0.29) is 12.4 Å². The van der Waals surface area contributed by atoms with Crippen molar-refractivity contribution < 1.29 is 19.1 Å². The molecule has 0 unspecified atom stereocenters. The molecule has 0 amide bonds. The minimum absolute atomic E-state index is 0.0675. The molecule has 3 aromatic rings. The summed E-state index contributed by atoms with van der Waals surface area (Å²) in [4.78, 5) is 26.7. The summed E-state index contributed by atoms with van der Waals surface area (Å²) in [7, 11) is 0. The van der Waals surface area contributed by atoms with E-state index in [1.165, 1.54) is 5.56 Å². The summed E-state index contributed by atoms with van der Waals surface area (Å²) in [6.45, 7) is 6.41. The van der Waals surface area contributed by atoms with Crippen LogP contribution in [0.5, 0.6) is 5.75 Å². The molecule has 3 aromatic carbocycles. The lowest BCUT2D eigenvalue weighted by Gasteiger charge is -2.29. The third-order valence-corrected chi connectivity index (χ3v) is 7.39. The van der Waals surface area contributed by atoms with E-state index in [4.69, 9.17) is 9.47 Å². The third kappa shape index (κ3) is 4.34. The summed E-state index contributed by atoms with van der Waals surface area (Å²) in [6, 6.07) is 21.7. The molecular weight excluding hydrogens is 565 g/mol. The summed E-state index contributed by atoms with van der Waals surface area (Å²) in [5, 5.41) is 3.33. The van der Waals surface area contributed by atoms with Gasteiger partial charge in [-0.1, -0.05) is 60.2 Å². The highest BCUT2D eigenvalue weighted by Gasteiger charge is 2.43. The van der Waals surface area contributed by atoms with Gasteiger partial charge in [-0.3, -0.25) is 4.79 Å². The maximum Gasteiger partial charge on any atom is 0.336 e. The Labute approximate surface area is 224 Å². The molecule has 0 aromatic heterocycles. The number of carbonyl (C=O) groups is 2. The van der Waals surface area contributed by atoms with Gasteiger partial charge in [0.2, 0.25) is 0 Å². The number of hydrogen-bond donors (Lipinski definition) is 1. The highest BCUT2D eigenvalue weighted by molar-refractivity contribution is 14.1. The normalized spacial score (nSPS) is 16.4. The Kier molecular flexibility index (Phi) is 6.71. The second-order valence-electron chi connectivity index (χ2n) is 8.94. The maximum atomic E-state index is 13.6. The largest absolute Gasteiger partial charge is 0.488 e. The highest BCUT2D eigenvalue weighted by atomic mass is 127. The smallest absolute Gasteiger partial charge is 0.336 e. The van der Waals surface area contributed by atoms with E-state index in [1.54, 1.807) is 6.92 Å². The molecule has 0 bridgehead atoms. The Morgan fingerprint density at radius 2 is 1.72 bits per heavy atom. The Morgan fingerprint density at radius 3 is 2.42 bits per heavy atom. The van der Waals surface area contributed by atoms with Crippen LogP contribution in [0.3, 0.4) is 0 Å². The molecular formula is C30H26INO4. The minimum Gasteiger partial charge on any atom is -0.488 e. The molecule has 1 heterocycles. The molecule has 0 spiro atoms. The van der Waals surface area contributed by atoms with E-state index >= 15 is 0 Å². The van der Waals surface area contributed by atoms with Gasteiger partial charge in [-0.25, -0.2) is 4.79 Å². The van der Waals surface area contributed by atoms with E-state index in [9.17, 15) is 9.59 Å². The number of halogens is 1. The zero-order valence-corrected chi connectivity index (χ0v) is 22.5. The zero-order chi connectivity index (χ0) is 25.4. The number of rotatable bonds is 6. The second-order valence-corrected chi connectivity index (χ2v) is 10.1. The fourth-order valence-corrected chi connectivity index (χ4v) is 5.50. The molecule has 0 fully saturated rings. The number of benzene rings is 3. The van der Waals surface area contributed by atoms with Gasteiger partial charge in [-0.15, -0.1) is 0 Å². The Balaban J connectivity index is 1.53. The van der Waals surface area contributed by atoms with E-state index in [0.717, 1.165) is 31.7 Å². The average molecular weight is 591 g/mol. The van der Waals surface area contributed by atoms with Crippen LogP contribution >= 0.6 is 22.6 Å². The van der Waals surface area contributed by atoms with E-state index in [0.29, 0.717) is 29.0 Å². The van der Waals surface area contributed by atoms with Crippen molar-refractivity contribution in [2.75, 3.05) is 6.61 Å². The Morgan fingerprint density at radius 1 is 1.00 bits per heavy atom. The van der Waals surface area contributed by atoms with Crippen LogP contribution in [0, 0.1) is 10.5 Å². The minimum atomic E-state index is -0.542. The molecule has 0 radical (unpaired) electrons.